The summed E-state index contributed by atoms with van der Waals surface area (Å²) < 4.78 is 4.64. The molecule has 0 spiro atoms. The Hall–Kier alpha value is -1.88. The van der Waals surface area contributed by atoms with Crippen LogP contribution in [0.15, 0.2) is 30.3 Å². The van der Waals surface area contributed by atoms with Gasteiger partial charge in [0, 0.05) is 0 Å². The third-order valence-corrected chi connectivity index (χ3v) is 2.47. The lowest BCUT2D eigenvalue weighted by atomic mass is 10.0. The number of rotatable bonds is 6. The molecule has 5 heteroatoms. The van der Waals surface area contributed by atoms with Gasteiger partial charge < -0.3 is 15.4 Å². The molecule has 0 aliphatic carbocycles. The summed E-state index contributed by atoms with van der Waals surface area (Å²) in [5.41, 5.74) is 0.882. The summed E-state index contributed by atoms with van der Waals surface area (Å²) in [6.07, 6.45) is 0.121. The predicted octanol–water partition coefficient (Wildman–Crippen LogP) is 0.626. The van der Waals surface area contributed by atoms with E-state index >= 15 is 0 Å². The highest BCUT2D eigenvalue weighted by Crippen LogP contribution is 2.16. The van der Waals surface area contributed by atoms with Crippen LogP contribution in [0, 0.1) is 0 Å². The van der Waals surface area contributed by atoms with Gasteiger partial charge in [0.25, 0.3) is 0 Å². The maximum Gasteiger partial charge on any atom is 0.307 e. The van der Waals surface area contributed by atoms with E-state index in [9.17, 15) is 9.59 Å². The smallest absolute Gasteiger partial charge is 0.307 e. The molecule has 1 aromatic rings. The minimum Gasteiger partial charge on any atom is -0.469 e. The average Bonchev–Trinajstić information content (AvgIpc) is 2.39. The molecular formula is C13H18N2O3. The highest BCUT2D eigenvalue weighted by molar-refractivity contribution is 5.79. The van der Waals surface area contributed by atoms with E-state index in [4.69, 9.17) is 0 Å². The van der Waals surface area contributed by atoms with Crippen molar-refractivity contribution in [3.05, 3.63) is 35.9 Å². The zero-order valence-electron chi connectivity index (χ0n) is 10.6. The lowest BCUT2D eigenvalue weighted by molar-refractivity contribution is -0.141. The lowest BCUT2D eigenvalue weighted by Crippen LogP contribution is -2.36. The Labute approximate surface area is 107 Å². The number of esters is 1. The first kappa shape index (κ1) is 14.2. The SMILES string of the molecule is CNCC(=O)NC(CC(=O)OC)c1ccccc1. The van der Waals surface area contributed by atoms with Gasteiger partial charge in [0.2, 0.25) is 5.91 Å². The number of nitrogens with one attached hydrogen (secondary N) is 2. The summed E-state index contributed by atoms with van der Waals surface area (Å²) in [6.45, 7) is 0.213. The minimum atomic E-state index is -0.362. The first-order chi connectivity index (χ1) is 8.67. The van der Waals surface area contributed by atoms with Crippen LogP contribution >= 0.6 is 0 Å². The molecule has 0 bridgehead atoms. The monoisotopic (exact) mass is 250 g/mol. The summed E-state index contributed by atoms with van der Waals surface area (Å²) in [5.74, 6) is -0.510. The van der Waals surface area contributed by atoms with E-state index in [2.05, 4.69) is 15.4 Å². The maximum absolute atomic E-state index is 11.6. The molecule has 1 rings (SSSR count). The molecule has 0 aliphatic rings. The second-order valence-corrected chi connectivity index (χ2v) is 3.84. The molecule has 0 fully saturated rings. The quantitative estimate of drug-likeness (QED) is 0.727. The molecule has 0 aliphatic heterocycles. The van der Waals surface area contributed by atoms with E-state index in [1.165, 1.54) is 7.11 Å². The van der Waals surface area contributed by atoms with Crippen molar-refractivity contribution in [2.24, 2.45) is 0 Å². The second-order valence-electron chi connectivity index (χ2n) is 3.84. The Morgan fingerprint density at radius 2 is 1.94 bits per heavy atom. The van der Waals surface area contributed by atoms with Crippen LogP contribution in [0.2, 0.25) is 0 Å². The van der Waals surface area contributed by atoms with E-state index in [0.29, 0.717) is 0 Å². The Bertz CT molecular complexity index is 392. The molecule has 0 saturated carbocycles. The van der Waals surface area contributed by atoms with Gasteiger partial charge in [-0.15, -0.1) is 0 Å². The first-order valence-electron chi connectivity index (χ1n) is 5.73. The van der Waals surface area contributed by atoms with Crippen molar-refractivity contribution in [1.82, 2.24) is 10.6 Å². The van der Waals surface area contributed by atoms with E-state index < -0.39 is 0 Å². The number of hydrogen-bond donors (Lipinski definition) is 2. The first-order valence-corrected chi connectivity index (χ1v) is 5.73. The van der Waals surface area contributed by atoms with Crippen LogP contribution in [0.3, 0.4) is 0 Å². The van der Waals surface area contributed by atoms with Gasteiger partial charge in [0.15, 0.2) is 0 Å². The molecule has 0 aromatic heterocycles. The third kappa shape index (κ3) is 4.55. The number of amides is 1. The molecule has 98 valence electrons. The van der Waals surface area contributed by atoms with Gasteiger partial charge in [-0.1, -0.05) is 30.3 Å². The zero-order chi connectivity index (χ0) is 13.4. The molecule has 1 aromatic carbocycles. The minimum absolute atomic E-state index is 0.121. The standard InChI is InChI=1S/C13H18N2O3/c1-14-9-12(16)15-11(8-13(17)18-2)10-6-4-3-5-7-10/h3-7,11,14H,8-9H2,1-2H3,(H,15,16). The number of benzene rings is 1. The van der Waals surface area contributed by atoms with Crippen molar-refractivity contribution in [3.8, 4) is 0 Å². The summed E-state index contributed by atoms with van der Waals surface area (Å²) in [6, 6.07) is 8.99. The number of carbonyl (C=O) groups excluding carboxylic acids is 2. The number of hydrogen-bond acceptors (Lipinski definition) is 4. The molecule has 1 amide bonds. The molecule has 1 unspecified atom stereocenters. The average molecular weight is 250 g/mol. The maximum atomic E-state index is 11.6. The number of methoxy groups -OCH3 is 1. The van der Waals surface area contributed by atoms with Crippen LogP contribution in [0.1, 0.15) is 18.0 Å². The number of likely N-dealkylation sites (N-methyl/N-ethyl adjacent to an activating group) is 1. The highest BCUT2D eigenvalue weighted by atomic mass is 16.5. The van der Waals surface area contributed by atoms with E-state index in [0.717, 1.165) is 5.56 Å². The van der Waals surface area contributed by atoms with Crippen molar-refractivity contribution in [2.45, 2.75) is 12.5 Å². The van der Waals surface area contributed by atoms with Crippen molar-refractivity contribution in [1.29, 1.82) is 0 Å². The van der Waals surface area contributed by atoms with Gasteiger partial charge in [-0.05, 0) is 12.6 Å². The van der Waals surface area contributed by atoms with E-state index in [1.54, 1.807) is 7.05 Å². The molecule has 18 heavy (non-hydrogen) atoms. The molecule has 0 heterocycles. The van der Waals surface area contributed by atoms with Crippen LogP contribution in [0.25, 0.3) is 0 Å². The largest absolute Gasteiger partial charge is 0.469 e. The fourth-order valence-corrected chi connectivity index (χ4v) is 1.59. The van der Waals surface area contributed by atoms with Gasteiger partial charge in [-0.25, -0.2) is 0 Å². The van der Waals surface area contributed by atoms with Crippen molar-refractivity contribution < 1.29 is 14.3 Å². The van der Waals surface area contributed by atoms with Gasteiger partial charge in [-0.2, -0.15) is 0 Å². The summed E-state index contributed by atoms with van der Waals surface area (Å²) in [7, 11) is 3.03. The van der Waals surface area contributed by atoms with Crippen LogP contribution in [0.5, 0.6) is 0 Å². The van der Waals surface area contributed by atoms with Crippen molar-refractivity contribution in [2.75, 3.05) is 20.7 Å². The third-order valence-electron chi connectivity index (χ3n) is 2.47. The van der Waals surface area contributed by atoms with Gasteiger partial charge in [0.05, 0.1) is 26.1 Å². The fourth-order valence-electron chi connectivity index (χ4n) is 1.59. The Morgan fingerprint density at radius 1 is 1.28 bits per heavy atom. The molecular weight excluding hydrogens is 232 g/mol. The van der Waals surface area contributed by atoms with E-state index in [-0.39, 0.29) is 30.9 Å². The molecule has 0 saturated heterocycles. The normalized spacial score (nSPS) is 11.7. The Balaban J connectivity index is 2.75. The summed E-state index contributed by atoms with van der Waals surface area (Å²) in [5, 5.41) is 5.56. The van der Waals surface area contributed by atoms with Crippen LogP contribution in [0.4, 0.5) is 0 Å². The number of ether oxygens (including phenoxy) is 1. The molecule has 5 nitrogen and oxygen atoms in total. The molecule has 2 N–H and O–H groups in total. The fraction of sp³-hybridized carbons (Fsp3) is 0.385. The Kier molecular flexibility index (Phi) is 5.87. The summed E-state index contributed by atoms with van der Waals surface area (Å²) >= 11 is 0. The van der Waals surface area contributed by atoms with Crippen LogP contribution < -0.4 is 10.6 Å². The lowest BCUT2D eigenvalue weighted by Gasteiger charge is -2.18. The van der Waals surface area contributed by atoms with Crippen LogP contribution in [-0.4, -0.2) is 32.6 Å². The van der Waals surface area contributed by atoms with Gasteiger partial charge >= 0.3 is 5.97 Å². The molecule has 0 radical (unpaired) electrons. The molecule has 1 atom stereocenters. The topological polar surface area (TPSA) is 67.4 Å². The van der Waals surface area contributed by atoms with Crippen molar-refractivity contribution >= 4 is 11.9 Å². The zero-order valence-corrected chi connectivity index (χ0v) is 10.6. The van der Waals surface area contributed by atoms with Gasteiger partial charge in [-0.3, -0.25) is 9.59 Å². The Morgan fingerprint density at radius 3 is 2.50 bits per heavy atom. The van der Waals surface area contributed by atoms with E-state index in [1.807, 2.05) is 30.3 Å². The summed E-state index contributed by atoms with van der Waals surface area (Å²) in [4.78, 5) is 22.9. The number of carbonyl (C=O) groups is 2. The highest BCUT2D eigenvalue weighted by Gasteiger charge is 2.18. The predicted molar refractivity (Wildman–Crippen MR) is 67.9 cm³/mol. The van der Waals surface area contributed by atoms with Crippen LogP contribution in [-0.2, 0) is 14.3 Å². The second kappa shape index (κ2) is 7.45. The van der Waals surface area contributed by atoms with Crippen molar-refractivity contribution in [3.63, 3.8) is 0 Å². The van der Waals surface area contributed by atoms with Gasteiger partial charge in [0.1, 0.15) is 0 Å².